The summed E-state index contributed by atoms with van der Waals surface area (Å²) in [6.45, 7) is 12.1. The van der Waals surface area contributed by atoms with Crippen LogP contribution in [0.2, 0.25) is 0 Å². The third-order valence-electron chi connectivity index (χ3n) is 4.13. The van der Waals surface area contributed by atoms with E-state index in [1.807, 2.05) is 0 Å². The Morgan fingerprint density at radius 2 is 1.83 bits per heavy atom. The molecule has 12 heavy (non-hydrogen) atoms. The van der Waals surface area contributed by atoms with Crippen molar-refractivity contribution in [2.75, 3.05) is 0 Å². The highest BCUT2D eigenvalue weighted by Crippen LogP contribution is 2.50. The Balaban J connectivity index is 2.72. The summed E-state index contributed by atoms with van der Waals surface area (Å²) in [5.41, 5.74) is 1.21. The number of hydrogen-bond acceptors (Lipinski definition) is 0. The van der Waals surface area contributed by atoms with Crippen molar-refractivity contribution in [1.29, 1.82) is 0 Å². The Morgan fingerprint density at radius 3 is 2.25 bits per heavy atom. The van der Waals surface area contributed by atoms with Gasteiger partial charge in [0.2, 0.25) is 0 Å². The lowest BCUT2D eigenvalue weighted by Crippen LogP contribution is -2.36. The largest absolute Gasteiger partial charge is 0.0649 e. The van der Waals surface area contributed by atoms with Crippen LogP contribution in [0.1, 0.15) is 60.3 Å². The third-order valence-corrected chi connectivity index (χ3v) is 4.13. The second-order valence-corrected chi connectivity index (χ2v) is 5.79. The molecule has 1 fully saturated rings. The van der Waals surface area contributed by atoms with Gasteiger partial charge in [0.1, 0.15) is 0 Å². The van der Waals surface area contributed by atoms with E-state index in [4.69, 9.17) is 0 Å². The first-order valence-electron chi connectivity index (χ1n) is 5.40. The lowest BCUT2D eigenvalue weighted by atomic mass is 9.59. The Hall–Kier alpha value is 0. The highest BCUT2D eigenvalue weighted by molar-refractivity contribution is 4.90. The molecule has 0 spiro atoms. The van der Waals surface area contributed by atoms with E-state index in [1.165, 1.54) is 25.7 Å². The predicted molar refractivity (Wildman–Crippen MR) is 55.2 cm³/mol. The maximum Gasteiger partial charge on any atom is -0.0298 e. The highest BCUT2D eigenvalue weighted by atomic mass is 14.4. The van der Waals surface area contributed by atoms with Crippen LogP contribution in [0.25, 0.3) is 0 Å². The fourth-order valence-corrected chi connectivity index (χ4v) is 2.79. The van der Waals surface area contributed by atoms with Gasteiger partial charge in [-0.3, -0.25) is 0 Å². The lowest BCUT2D eigenvalue weighted by Gasteiger charge is -2.47. The molecule has 0 aliphatic heterocycles. The zero-order chi connectivity index (χ0) is 9.41. The maximum absolute atomic E-state index is 2.47. The van der Waals surface area contributed by atoms with Gasteiger partial charge in [-0.1, -0.05) is 41.0 Å². The molecule has 0 bridgehead atoms. The van der Waals surface area contributed by atoms with Crippen LogP contribution in [-0.4, -0.2) is 0 Å². The van der Waals surface area contributed by atoms with Crippen LogP contribution < -0.4 is 0 Å². The van der Waals surface area contributed by atoms with E-state index in [0.29, 0.717) is 10.8 Å². The first-order chi connectivity index (χ1) is 5.40. The molecule has 0 saturated heterocycles. The Morgan fingerprint density at radius 1 is 1.25 bits per heavy atom. The Kier molecular flexibility index (Phi) is 2.56. The van der Waals surface area contributed by atoms with Crippen LogP contribution in [0.5, 0.6) is 0 Å². The van der Waals surface area contributed by atoms with E-state index >= 15 is 0 Å². The molecule has 0 amide bonds. The van der Waals surface area contributed by atoms with E-state index in [0.717, 1.165) is 5.92 Å². The molecule has 1 aliphatic carbocycles. The minimum Gasteiger partial charge on any atom is -0.0649 e. The van der Waals surface area contributed by atoms with Gasteiger partial charge < -0.3 is 0 Å². The summed E-state index contributed by atoms with van der Waals surface area (Å²) in [5, 5.41) is 0. The molecule has 72 valence electrons. The molecule has 1 saturated carbocycles. The molecule has 0 aromatic carbocycles. The van der Waals surface area contributed by atoms with Gasteiger partial charge in [-0.2, -0.15) is 0 Å². The summed E-state index contributed by atoms with van der Waals surface area (Å²) in [5.74, 6) is 0.926. The predicted octanol–water partition coefficient (Wildman–Crippen LogP) is 4.25. The highest BCUT2D eigenvalue weighted by Gasteiger charge is 2.39. The Bertz CT molecular complexity index is 157. The number of hydrogen-bond donors (Lipinski definition) is 0. The van der Waals surface area contributed by atoms with Gasteiger partial charge in [-0.25, -0.2) is 0 Å². The van der Waals surface area contributed by atoms with Crippen molar-refractivity contribution in [3.05, 3.63) is 0 Å². The summed E-state index contributed by atoms with van der Waals surface area (Å²) in [4.78, 5) is 0. The standard InChI is InChI=1S/C12H24/c1-6-12(5)9-11(3,4)8-7-10(12)2/h10H,6-9H2,1-5H3. The molecule has 1 aliphatic rings. The average molecular weight is 168 g/mol. The Labute approximate surface area is 77.7 Å². The van der Waals surface area contributed by atoms with Gasteiger partial charge in [-0.05, 0) is 36.0 Å². The summed E-state index contributed by atoms with van der Waals surface area (Å²) < 4.78 is 0. The van der Waals surface area contributed by atoms with E-state index in [9.17, 15) is 0 Å². The zero-order valence-electron chi connectivity index (χ0n) is 9.41. The fraction of sp³-hybridized carbons (Fsp3) is 1.00. The molecule has 0 N–H and O–H groups in total. The average Bonchev–Trinajstić information content (AvgIpc) is 1.97. The van der Waals surface area contributed by atoms with Crippen LogP contribution in [0.15, 0.2) is 0 Å². The van der Waals surface area contributed by atoms with Gasteiger partial charge >= 0.3 is 0 Å². The fourth-order valence-electron chi connectivity index (χ4n) is 2.79. The van der Waals surface area contributed by atoms with Crippen LogP contribution in [0, 0.1) is 16.7 Å². The minimum absolute atomic E-state index is 0.595. The third kappa shape index (κ3) is 1.84. The van der Waals surface area contributed by atoms with E-state index in [2.05, 4.69) is 34.6 Å². The summed E-state index contributed by atoms with van der Waals surface area (Å²) in [6.07, 6.45) is 5.61. The van der Waals surface area contributed by atoms with Crippen molar-refractivity contribution in [3.63, 3.8) is 0 Å². The molecular weight excluding hydrogens is 144 g/mol. The first kappa shape index (κ1) is 10.1. The number of rotatable bonds is 1. The monoisotopic (exact) mass is 168 g/mol. The van der Waals surface area contributed by atoms with Crippen LogP contribution in [0.3, 0.4) is 0 Å². The van der Waals surface area contributed by atoms with Gasteiger partial charge in [-0.15, -0.1) is 0 Å². The van der Waals surface area contributed by atoms with Crippen LogP contribution >= 0.6 is 0 Å². The molecule has 0 radical (unpaired) electrons. The minimum atomic E-state index is 0.595. The first-order valence-corrected chi connectivity index (χ1v) is 5.40. The molecule has 0 aromatic rings. The van der Waals surface area contributed by atoms with Gasteiger partial charge in [0, 0.05) is 0 Å². The quantitative estimate of drug-likeness (QED) is 0.549. The van der Waals surface area contributed by atoms with Crippen molar-refractivity contribution < 1.29 is 0 Å². The molecule has 0 heteroatoms. The molecule has 1 rings (SSSR count). The smallest absolute Gasteiger partial charge is 0.0298 e. The SMILES string of the molecule is CCC1(C)CC(C)(C)CCC1C. The van der Waals surface area contributed by atoms with E-state index < -0.39 is 0 Å². The van der Waals surface area contributed by atoms with Crippen molar-refractivity contribution in [3.8, 4) is 0 Å². The second kappa shape index (κ2) is 3.05. The van der Waals surface area contributed by atoms with Crippen molar-refractivity contribution in [2.45, 2.75) is 60.3 Å². The second-order valence-electron chi connectivity index (χ2n) is 5.79. The summed E-state index contributed by atoms with van der Waals surface area (Å²) in [6, 6.07) is 0. The van der Waals surface area contributed by atoms with Gasteiger partial charge in [0.25, 0.3) is 0 Å². The molecule has 0 aromatic heterocycles. The summed E-state index contributed by atoms with van der Waals surface area (Å²) in [7, 11) is 0. The van der Waals surface area contributed by atoms with Crippen molar-refractivity contribution in [1.82, 2.24) is 0 Å². The maximum atomic E-state index is 2.47. The normalized spacial score (nSPS) is 41.2. The topological polar surface area (TPSA) is 0 Å². The van der Waals surface area contributed by atoms with E-state index in [-0.39, 0.29) is 0 Å². The molecule has 2 unspecified atom stereocenters. The lowest BCUT2D eigenvalue weighted by molar-refractivity contribution is 0.0398. The molecule has 0 nitrogen and oxygen atoms in total. The van der Waals surface area contributed by atoms with E-state index in [1.54, 1.807) is 0 Å². The molecular formula is C12H24. The van der Waals surface area contributed by atoms with Gasteiger partial charge in [0.15, 0.2) is 0 Å². The van der Waals surface area contributed by atoms with Crippen LogP contribution in [-0.2, 0) is 0 Å². The van der Waals surface area contributed by atoms with Crippen molar-refractivity contribution in [2.24, 2.45) is 16.7 Å². The van der Waals surface area contributed by atoms with Crippen LogP contribution in [0.4, 0.5) is 0 Å². The van der Waals surface area contributed by atoms with Crippen molar-refractivity contribution >= 4 is 0 Å². The zero-order valence-corrected chi connectivity index (χ0v) is 9.41. The molecule has 0 heterocycles. The summed E-state index contributed by atoms with van der Waals surface area (Å²) >= 11 is 0. The molecule has 2 atom stereocenters. The van der Waals surface area contributed by atoms with Gasteiger partial charge in [0.05, 0.1) is 0 Å².